The highest BCUT2D eigenvalue weighted by Crippen LogP contribution is 2.00. The molecule has 0 spiro atoms. The Morgan fingerprint density at radius 1 is 0.812 bits per heavy atom. The van der Waals surface area contributed by atoms with Crippen molar-refractivity contribution in [3.8, 4) is 0 Å². The van der Waals surface area contributed by atoms with Crippen LogP contribution in [0.1, 0.15) is 52.4 Å². The number of unbranched alkanes of at least 4 members (excludes halogenated alkanes) is 4. The Labute approximate surface area is 102 Å². The molecule has 0 aliphatic rings. The van der Waals surface area contributed by atoms with Crippen LogP contribution in [-0.4, -0.2) is 32.2 Å². The highest BCUT2D eigenvalue weighted by Gasteiger charge is 1.92. The third-order valence-corrected chi connectivity index (χ3v) is 2.64. The molecule has 16 heavy (non-hydrogen) atoms. The van der Waals surface area contributed by atoms with Gasteiger partial charge in [-0.1, -0.05) is 33.1 Å². The highest BCUT2D eigenvalue weighted by atomic mass is 14.9. The van der Waals surface area contributed by atoms with E-state index in [1.807, 2.05) is 0 Å². The minimum atomic E-state index is 0.613. The van der Waals surface area contributed by atoms with E-state index in [9.17, 15) is 0 Å². The van der Waals surface area contributed by atoms with Crippen LogP contribution in [0.5, 0.6) is 0 Å². The van der Waals surface area contributed by atoms with Gasteiger partial charge >= 0.3 is 0 Å². The molecule has 3 nitrogen and oxygen atoms in total. The summed E-state index contributed by atoms with van der Waals surface area (Å²) < 4.78 is 0. The summed E-state index contributed by atoms with van der Waals surface area (Å²) >= 11 is 0. The fourth-order valence-electron chi connectivity index (χ4n) is 1.65. The molecule has 0 heterocycles. The second-order valence-corrected chi connectivity index (χ2v) is 4.77. The summed E-state index contributed by atoms with van der Waals surface area (Å²) in [4.78, 5) is 0. The molecule has 0 unspecified atom stereocenters. The number of hydrogen-bond acceptors (Lipinski definition) is 3. The Hall–Kier alpha value is -0.120. The minimum absolute atomic E-state index is 0.613. The van der Waals surface area contributed by atoms with Crippen LogP contribution in [0.15, 0.2) is 0 Å². The lowest BCUT2D eigenvalue weighted by atomic mass is 10.1. The molecule has 0 amide bonds. The van der Waals surface area contributed by atoms with Crippen LogP contribution >= 0.6 is 0 Å². The zero-order valence-corrected chi connectivity index (χ0v) is 11.2. The van der Waals surface area contributed by atoms with Crippen LogP contribution in [-0.2, 0) is 0 Å². The van der Waals surface area contributed by atoms with Crippen LogP contribution in [0.4, 0.5) is 0 Å². The molecule has 0 aromatic heterocycles. The summed E-state index contributed by atoms with van der Waals surface area (Å²) in [6.07, 6.45) is 7.71. The first-order valence-corrected chi connectivity index (χ1v) is 6.91. The molecule has 0 aromatic carbocycles. The molecule has 0 aliphatic carbocycles. The Kier molecular flexibility index (Phi) is 12.9. The van der Waals surface area contributed by atoms with Crippen molar-refractivity contribution in [1.82, 2.24) is 10.6 Å². The first-order chi connectivity index (χ1) is 7.77. The fourth-order valence-corrected chi connectivity index (χ4v) is 1.65. The molecule has 0 aliphatic heterocycles. The maximum Gasteiger partial charge on any atom is 0.00103 e. The monoisotopic (exact) mass is 229 g/mol. The molecule has 3 heteroatoms. The Morgan fingerprint density at radius 2 is 1.44 bits per heavy atom. The maximum atomic E-state index is 5.44. The van der Waals surface area contributed by atoms with Gasteiger partial charge in [0.1, 0.15) is 0 Å². The largest absolute Gasteiger partial charge is 0.330 e. The van der Waals surface area contributed by atoms with Crippen molar-refractivity contribution in [3.63, 3.8) is 0 Å². The van der Waals surface area contributed by atoms with E-state index in [4.69, 9.17) is 5.73 Å². The summed E-state index contributed by atoms with van der Waals surface area (Å²) in [5.41, 5.74) is 5.44. The van der Waals surface area contributed by atoms with E-state index in [0.29, 0.717) is 6.04 Å². The third kappa shape index (κ3) is 13.9. The molecular formula is C13H31N3. The zero-order chi connectivity index (χ0) is 12.1. The van der Waals surface area contributed by atoms with Crippen molar-refractivity contribution < 1.29 is 0 Å². The van der Waals surface area contributed by atoms with E-state index < -0.39 is 0 Å². The van der Waals surface area contributed by atoms with Crippen LogP contribution < -0.4 is 16.4 Å². The van der Waals surface area contributed by atoms with Crippen molar-refractivity contribution in [2.24, 2.45) is 5.73 Å². The molecule has 0 saturated heterocycles. The quantitative estimate of drug-likeness (QED) is 0.448. The van der Waals surface area contributed by atoms with E-state index in [1.165, 1.54) is 45.1 Å². The summed E-state index contributed by atoms with van der Waals surface area (Å²) in [7, 11) is 0. The van der Waals surface area contributed by atoms with E-state index in [0.717, 1.165) is 19.6 Å². The van der Waals surface area contributed by atoms with Crippen molar-refractivity contribution >= 4 is 0 Å². The molecule has 4 N–H and O–H groups in total. The van der Waals surface area contributed by atoms with Gasteiger partial charge in [0.15, 0.2) is 0 Å². The second kappa shape index (κ2) is 12.9. The molecular weight excluding hydrogens is 198 g/mol. The number of nitrogens with one attached hydrogen (secondary N) is 2. The molecule has 0 bridgehead atoms. The lowest BCUT2D eigenvalue weighted by Crippen LogP contribution is -2.27. The second-order valence-electron chi connectivity index (χ2n) is 4.77. The molecule has 98 valence electrons. The average Bonchev–Trinajstić information content (AvgIpc) is 2.25. The van der Waals surface area contributed by atoms with Crippen LogP contribution in [0.3, 0.4) is 0 Å². The van der Waals surface area contributed by atoms with Crippen molar-refractivity contribution in [1.29, 1.82) is 0 Å². The van der Waals surface area contributed by atoms with Gasteiger partial charge in [0.2, 0.25) is 0 Å². The van der Waals surface area contributed by atoms with Gasteiger partial charge < -0.3 is 16.4 Å². The standard InChI is InChI=1S/C13H31N3/c1-13(2)16-12-8-11-15-10-7-5-3-4-6-9-14/h13,15-16H,3-12,14H2,1-2H3. The van der Waals surface area contributed by atoms with Gasteiger partial charge in [-0.25, -0.2) is 0 Å². The van der Waals surface area contributed by atoms with Crippen molar-refractivity contribution in [2.75, 3.05) is 26.2 Å². The predicted octanol–water partition coefficient (Wildman–Crippen LogP) is 1.87. The van der Waals surface area contributed by atoms with Crippen molar-refractivity contribution in [3.05, 3.63) is 0 Å². The predicted molar refractivity (Wildman–Crippen MR) is 72.8 cm³/mol. The lowest BCUT2D eigenvalue weighted by molar-refractivity contribution is 0.533. The number of rotatable bonds is 12. The highest BCUT2D eigenvalue weighted by molar-refractivity contribution is 4.55. The zero-order valence-electron chi connectivity index (χ0n) is 11.2. The Balaban J connectivity index is 2.88. The Bertz CT molecular complexity index is 126. The Morgan fingerprint density at radius 3 is 2.12 bits per heavy atom. The molecule has 0 fully saturated rings. The van der Waals surface area contributed by atoms with Crippen LogP contribution in [0.25, 0.3) is 0 Å². The van der Waals surface area contributed by atoms with Crippen LogP contribution in [0, 0.1) is 0 Å². The van der Waals surface area contributed by atoms with Gasteiger partial charge in [-0.15, -0.1) is 0 Å². The normalized spacial score (nSPS) is 11.2. The first-order valence-electron chi connectivity index (χ1n) is 6.91. The van der Waals surface area contributed by atoms with E-state index >= 15 is 0 Å². The van der Waals surface area contributed by atoms with E-state index in [2.05, 4.69) is 24.5 Å². The average molecular weight is 229 g/mol. The SMILES string of the molecule is CC(C)NCCCNCCCCCCCN. The van der Waals surface area contributed by atoms with Gasteiger partial charge in [-0.3, -0.25) is 0 Å². The minimum Gasteiger partial charge on any atom is -0.330 e. The summed E-state index contributed by atoms with van der Waals surface area (Å²) in [6.45, 7) is 8.67. The van der Waals surface area contributed by atoms with Gasteiger partial charge in [0.05, 0.1) is 0 Å². The number of hydrogen-bond donors (Lipinski definition) is 3. The molecule has 0 aromatic rings. The van der Waals surface area contributed by atoms with Crippen LogP contribution in [0.2, 0.25) is 0 Å². The molecule has 0 radical (unpaired) electrons. The van der Waals surface area contributed by atoms with Gasteiger partial charge in [-0.05, 0) is 45.4 Å². The van der Waals surface area contributed by atoms with Gasteiger partial charge in [0.25, 0.3) is 0 Å². The summed E-state index contributed by atoms with van der Waals surface area (Å²) in [5.74, 6) is 0. The third-order valence-electron chi connectivity index (χ3n) is 2.64. The topological polar surface area (TPSA) is 50.1 Å². The summed E-state index contributed by atoms with van der Waals surface area (Å²) in [6, 6.07) is 0.613. The summed E-state index contributed by atoms with van der Waals surface area (Å²) in [5, 5.41) is 6.90. The first kappa shape index (κ1) is 15.9. The van der Waals surface area contributed by atoms with E-state index in [1.54, 1.807) is 0 Å². The van der Waals surface area contributed by atoms with Gasteiger partial charge in [-0.2, -0.15) is 0 Å². The van der Waals surface area contributed by atoms with Gasteiger partial charge in [0, 0.05) is 6.04 Å². The fraction of sp³-hybridized carbons (Fsp3) is 1.00. The maximum absolute atomic E-state index is 5.44. The molecule has 0 atom stereocenters. The molecule has 0 rings (SSSR count). The lowest BCUT2D eigenvalue weighted by Gasteiger charge is -2.08. The molecule has 0 saturated carbocycles. The number of nitrogens with two attached hydrogens (primary N) is 1. The smallest absolute Gasteiger partial charge is 0.00103 e. The van der Waals surface area contributed by atoms with Crippen molar-refractivity contribution in [2.45, 2.75) is 58.4 Å². The van der Waals surface area contributed by atoms with E-state index in [-0.39, 0.29) is 0 Å².